The number of furan rings is 1. The third-order valence-corrected chi connectivity index (χ3v) is 5.01. The number of methoxy groups -OCH3 is 2. The van der Waals surface area contributed by atoms with Crippen LogP contribution in [0.5, 0.6) is 17.2 Å². The Hall–Kier alpha value is -3.41. The van der Waals surface area contributed by atoms with Crippen LogP contribution in [0.1, 0.15) is 19.4 Å². The average Bonchev–Trinajstić information content (AvgIpc) is 3.03. The SMILES string of the molecule is COc1cc2oc3oc4c5c(ccc4c(=O)c3c2cc1OC)OC(C)(C)C=C5. The molecule has 1 aliphatic rings. The highest BCUT2D eigenvalue weighted by atomic mass is 16.5. The summed E-state index contributed by atoms with van der Waals surface area (Å²) in [5, 5.41) is 1.47. The Morgan fingerprint density at radius 2 is 1.71 bits per heavy atom. The summed E-state index contributed by atoms with van der Waals surface area (Å²) >= 11 is 0. The highest BCUT2D eigenvalue weighted by Gasteiger charge is 2.26. The van der Waals surface area contributed by atoms with Gasteiger partial charge in [-0.15, -0.1) is 0 Å². The molecular weight excluding hydrogens is 360 g/mol. The van der Waals surface area contributed by atoms with Crippen molar-refractivity contribution in [2.24, 2.45) is 0 Å². The zero-order chi connectivity index (χ0) is 19.6. The first kappa shape index (κ1) is 16.7. The predicted molar refractivity (Wildman–Crippen MR) is 107 cm³/mol. The summed E-state index contributed by atoms with van der Waals surface area (Å²) < 4.78 is 28.6. The van der Waals surface area contributed by atoms with Crippen LogP contribution in [0.25, 0.3) is 39.2 Å². The summed E-state index contributed by atoms with van der Waals surface area (Å²) in [4.78, 5) is 13.3. The highest BCUT2D eigenvalue weighted by Crippen LogP contribution is 2.40. The quantitative estimate of drug-likeness (QED) is 0.494. The maximum Gasteiger partial charge on any atom is 0.302 e. The lowest BCUT2D eigenvalue weighted by atomic mass is 10.00. The third kappa shape index (κ3) is 2.24. The number of ether oxygens (including phenoxy) is 3. The van der Waals surface area contributed by atoms with E-state index in [0.717, 1.165) is 5.56 Å². The first-order chi connectivity index (χ1) is 13.4. The summed E-state index contributed by atoms with van der Waals surface area (Å²) in [6.07, 6.45) is 3.86. The summed E-state index contributed by atoms with van der Waals surface area (Å²) in [5.74, 6) is 1.86. The van der Waals surface area contributed by atoms with Crippen LogP contribution in [-0.4, -0.2) is 19.8 Å². The molecule has 2 aromatic carbocycles. The Morgan fingerprint density at radius 1 is 0.964 bits per heavy atom. The number of hydrogen-bond acceptors (Lipinski definition) is 6. The largest absolute Gasteiger partial charge is 0.493 e. The van der Waals surface area contributed by atoms with E-state index in [1.54, 1.807) is 38.5 Å². The molecule has 0 N–H and O–H groups in total. The minimum absolute atomic E-state index is 0.162. The van der Waals surface area contributed by atoms with Gasteiger partial charge in [-0.05, 0) is 44.2 Å². The Kier molecular flexibility index (Phi) is 3.32. The summed E-state index contributed by atoms with van der Waals surface area (Å²) in [6.45, 7) is 3.94. The van der Waals surface area contributed by atoms with Crippen LogP contribution >= 0.6 is 0 Å². The molecular formula is C22H18O6. The minimum Gasteiger partial charge on any atom is -0.493 e. The molecule has 6 heteroatoms. The third-order valence-electron chi connectivity index (χ3n) is 5.01. The molecule has 0 saturated heterocycles. The fraction of sp³-hybridized carbons (Fsp3) is 0.227. The molecule has 2 aromatic heterocycles. The molecule has 0 unspecified atom stereocenters. The number of fused-ring (bicyclic) bond motifs is 6. The van der Waals surface area contributed by atoms with Crippen molar-refractivity contribution in [1.82, 2.24) is 0 Å². The molecule has 0 bridgehead atoms. The average molecular weight is 378 g/mol. The van der Waals surface area contributed by atoms with Gasteiger partial charge in [-0.2, -0.15) is 0 Å². The summed E-state index contributed by atoms with van der Waals surface area (Å²) in [6, 6.07) is 6.95. The van der Waals surface area contributed by atoms with Gasteiger partial charge < -0.3 is 23.0 Å². The lowest BCUT2D eigenvalue weighted by Crippen LogP contribution is -2.27. The van der Waals surface area contributed by atoms with E-state index in [4.69, 9.17) is 23.0 Å². The molecule has 0 aliphatic carbocycles. The molecule has 1 aliphatic heterocycles. The van der Waals surface area contributed by atoms with E-state index in [1.165, 1.54) is 0 Å². The van der Waals surface area contributed by atoms with Crippen molar-refractivity contribution in [2.75, 3.05) is 14.2 Å². The van der Waals surface area contributed by atoms with Crippen LogP contribution in [0.15, 0.2) is 44.0 Å². The second-order valence-electron chi connectivity index (χ2n) is 7.29. The van der Waals surface area contributed by atoms with Gasteiger partial charge in [0, 0.05) is 11.5 Å². The second kappa shape index (κ2) is 5.55. The van der Waals surface area contributed by atoms with E-state index in [-0.39, 0.29) is 11.2 Å². The van der Waals surface area contributed by atoms with Crippen molar-refractivity contribution < 1.29 is 23.0 Å². The normalized spacial score (nSPS) is 15.0. The Labute approximate surface area is 159 Å². The van der Waals surface area contributed by atoms with E-state index < -0.39 is 5.60 Å². The van der Waals surface area contributed by atoms with E-state index in [2.05, 4.69) is 0 Å². The van der Waals surface area contributed by atoms with Crippen LogP contribution in [0.4, 0.5) is 0 Å². The first-order valence-corrected chi connectivity index (χ1v) is 8.88. The first-order valence-electron chi connectivity index (χ1n) is 8.88. The maximum absolute atomic E-state index is 13.3. The molecule has 5 rings (SSSR count). The minimum atomic E-state index is -0.419. The molecule has 0 fully saturated rings. The molecule has 3 heterocycles. The van der Waals surface area contributed by atoms with Crippen LogP contribution in [-0.2, 0) is 0 Å². The molecule has 0 saturated carbocycles. The fourth-order valence-corrected chi connectivity index (χ4v) is 3.63. The van der Waals surface area contributed by atoms with Crippen molar-refractivity contribution in [1.29, 1.82) is 0 Å². The molecule has 0 atom stereocenters. The molecule has 0 amide bonds. The standard InChI is InChI=1S/C22H18O6/c1-22(2)8-7-11-14(28-22)6-5-12-19(23)18-13-9-16(24-3)17(25-4)10-15(13)26-21(18)27-20(11)12/h5-10H,1-4H3. The van der Waals surface area contributed by atoms with Crippen LogP contribution < -0.4 is 19.6 Å². The Balaban J connectivity index is 1.88. The van der Waals surface area contributed by atoms with Gasteiger partial charge in [0.1, 0.15) is 22.3 Å². The van der Waals surface area contributed by atoms with Gasteiger partial charge in [-0.1, -0.05) is 0 Å². The van der Waals surface area contributed by atoms with Gasteiger partial charge in [0.25, 0.3) is 0 Å². The molecule has 4 aromatic rings. The summed E-state index contributed by atoms with van der Waals surface area (Å²) in [5.41, 5.74) is 1.08. The van der Waals surface area contributed by atoms with Gasteiger partial charge in [-0.25, -0.2) is 0 Å². The molecule has 0 spiro atoms. The smallest absolute Gasteiger partial charge is 0.302 e. The second-order valence-corrected chi connectivity index (χ2v) is 7.29. The lowest BCUT2D eigenvalue weighted by molar-refractivity contribution is 0.159. The molecule has 0 radical (unpaired) electrons. The predicted octanol–water partition coefficient (Wildman–Crippen LogP) is 4.89. The van der Waals surface area contributed by atoms with Gasteiger partial charge in [-0.3, -0.25) is 4.79 Å². The van der Waals surface area contributed by atoms with E-state index in [9.17, 15) is 4.79 Å². The van der Waals surface area contributed by atoms with Crippen molar-refractivity contribution >= 4 is 39.2 Å². The van der Waals surface area contributed by atoms with E-state index in [0.29, 0.717) is 44.6 Å². The van der Waals surface area contributed by atoms with Crippen LogP contribution in [0, 0.1) is 0 Å². The van der Waals surface area contributed by atoms with Crippen LogP contribution in [0.3, 0.4) is 0 Å². The monoisotopic (exact) mass is 378 g/mol. The van der Waals surface area contributed by atoms with Crippen molar-refractivity contribution in [2.45, 2.75) is 19.4 Å². The van der Waals surface area contributed by atoms with Crippen molar-refractivity contribution in [3.05, 3.63) is 46.1 Å². The fourth-order valence-electron chi connectivity index (χ4n) is 3.63. The molecule has 28 heavy (non-hydrogen) atoms. The zero-order valence-electron chi connectivity index (χ0n) is 15.9. The van der Waals surface area contributed by atoms with Gasteiger partial charge >= 0.3 is 5.78 Å². The zero-order valence-corrected chi connectivity index (χ0v) is 15.9. The lowest BCUT2D eigenvalue weighted by Gasteiger charge is -2.27. The molecule has 142 valence electrons. The van der Waals surface area contributed by atoms with Crippen molar-refractivity contribution in [3.8, 4) is 17.2 Å². The van der Waals surface area contributed by atoms with Crippen molar-refractivity contribution in [3.63, 3.8) is 0 Å². The highest BCUT2D eigenvalue weighted by molar-refractivity contribution is 6.08. The van der Waals surface area contributed by atoms with Crippen LogP contribution in [0.2, 0.25) is 0 Å². The topological polar surface area (TPSA) is 71.0 Å². The van der Waals surface area contributed by atoms with Gasteiger partial charge in [0.15, 0.2) is 17.1 Å². The maximum atomic E-state index is 13.3. The number of hydrogen-bond donors (Lipinski definition) is 0. The van der Waals surface area contributed by atoms with Gasteiger partial charge in [0.2, 0.25) is 5.43 Å². The number of rotatable bonds is 2. The Morgan fingerprint density at radius 3 is 2.46 bits per heavy atom. The molecule has 6 nitrogen and oxygen atoms in total. The summed E-state index contributed by atoms with van der Waals surface area (Å²) in [7, 11) is 3.09. The number of benzene rings is 2. The van der Waals surface area contributed by atoms with E-state index in [1.807, 2.05) is 26.0 Å². The Bertz CT molecular complexity index is 1350. The van der Waals surface area contributed by atoms with E-state index >= 15 is 0 Å². The van der Waals surface area contributed by atoms with Gasteiger partial charge in [0.05, 0.1) is 25.2 Å².